The van der Waals surface area contributed by atoms with Gasteiger partial charge in [0.25, 0.3) is 5.91 Å². The van der Waals surface area contributed by atoms with Crippen molar-refractivity contribution in [3.05, 3.63) is 83.9 Å². The van der Waals surface area contributed by atoms with E-state index in [4.69, 9.17) is 19.6 Å². The molecule has 1 aromatic heterocycles. The van der Waals surface area contributed by atoms with E-state index in [-0.39, 0.29) is 12.5 Å². The molecule has 0 aliphatic heterocycles. The molecule has 0 aliphatic carbocycles. The number of furan rings is 1. The van der Waals surface area contributed by atoms with Crippen molar-refractivity contribution < 1.29 is 23.5 Å². The van der Waals surface area contributed by atoms with E-state index < -0.39 is 0 Å². The Kier molecular flexibility index (Phi) is 8.78. The first-order chi connectivity index (χ1) is 18.1. The standard InChI is InChI=1S/C29H31N3O5/c1-2-15-35-16-13-21-7-8-23-19-28(37-27(23)18-21)32(20-33)14-17-36-24-11-9-22(10-12-24)29(34)31-26-6-4-3-5-25(26)30/h3-12,18-20H,2,13-17,30H2,1H3,(H,31,34). The molecule has 2 amide bonds. The van der Waals surface area contributed by atoms with Gasteiger partial charge < -0.3 is 24.9 Å². The van der Waals surface area contributed by atoms with E-state index in [9.17, 15) is 9.59 Å². The number of nitrogens with zero attached hydrogens (tertiary/aromatic N) is 1. The molecule has 0 aliphatic rings. The van der Waals surface area contributed by atoms with Crippen LogP contribution in [0.3, 0.4) is 0 Å². The molecule has 0 radical (unpaired) electrons. The van der Waals surface area contributed by atoms with Crippen molar-refractivity contribution in [3.63, 3.8) is 0 Å². The molecule has 0 saturated heterocycles. The smallest absolute Gasteiger partial charge is 0.255 e. The zero-order valence-electron chi connectivity index (χ0n) is 20.8. The van der Waals surface area contributed by atoms with Gasteiger partial charge >= 0.3 is 0 Å². The van der Waals surface area contributed by atoms with Gasteiger partial charge in [0.15, 0.2) is 0 Å². The summed E-state index contributed by atoms with van der Waals surface area (Å²) in [6.45, 7) is 4.06. The molecule has 0 saturated carbocycles. The first-order valence-corrected chi connectivity index (χ1v) is 12.3. The number of anilines is 3. The van der Waals surface area contributed by atoms with Gasteiger partial charge in [-0.1, -0.05) is 31.2 Å². The highest BCUT2D eigenvalue weighted by Crippen LogP contribution is 2.27. The summed E-state index contributed by atoms with van der Waals surface area (Å²) in [6.07, 6.45) is 2.53. The molecule has 0 spiro atoms. The quantitative estimate of drug-likeness (QED) is 0.147. The molecular weight excluding hydrogens is 470 g/mol. The second-order valence-corrected chi connectivity index (χ2v) is 8.53. The van der Waals surface area contributed by atoms with E-state index in [0.717, 1.165) is 42.4 Å². The Morgan fingerprint density at radius 2 is 1.84 bits per heavy atom. The van der Waals surface area contributed by atoms with Crippen molar-refractivity contribution in [2.75, 3.05) is 42.3 Å². The summed E-state index contributed by atoms with van der Waals surface area (Å²) in [6, 6.07) is 21.7. The number of carbonyl (C=O) groups excluding carboxylic acids is 2. The van der Waals surface area contributed by atoms with Gasteiger partial charge in [0.1, 0.15) is 17.9 Å². The molecule has 8 heteroatoms. The van der Waals surface area contributed by atoms with Gasteiger partial charge in [-0.15, -0.1) is 0 Å². The Balaban J connectivity index is 1.30. The van der Waals surface area contributed by atoms with E-state index in [0.29, 0.717) is 41.7 Å². The number of fused-ring (bicyclic) bond motifs is 1. The Morgan fingerprint density at radius 3 is 2.59 bits per heavy atom. The SMILES string of the molecule is CCCOCCc1ccc2cc(N(C=O)CCOc3ccc(C(=O)Nc4ccccc4N)cc3)oc2c1. The molecular formula is C29H31N3O5. The van der Waals surface area contributed by atoms with Gasteiger partial charge in [-0.25, -0.2) is 0 Å². The molecule has 8 nitrogen and oxygen atoms in total. The van der Waals surface area contributed by atoms with E-state index in [1.807, 2.05) is 24.3 Å². The number of amides is 2. The normalized spacial score (nSPS) is 10.8. The Morgan fingerprint density at radius 1 is 1.03 bits per heavy atom. The fourth-order valence-corrected chi connectivity index (χ4v) is 3.78. The lowest BCUT2D eigenvalue weighted by Crippen LogP contribution is -2.26. The Labute approximate surface area is 216 Å². The number of hydrogen-bond donors (Lipinski definition) is 2. The number of nitrogen functional groups attached to an aromatic ring is 1. The molecule has 0 bridgehead atoms. The predicted octanol–water partition coefficient (Wildman–Crippen LogP) is 5.28. The third kappa shape index (κ3) is 6.89. The average Bonchev–Trinajstić information content (AvgIpc) is 3.34. The number of nitrogens with one attached hydrogen (secondary N) is 1. The van der Waals surface area contributed by atoms with E-state index in [2.05, 4.69) is 12.2 Å². The van der Waals surface area contributed by atoms with Crippen LogP contribution in [0.2, 0.25) is 0 Å². The van der Waals surface area contributed by atoms with Crippen molar-refractivity contribution in [2.45, 2.75) is 19.8 Å². The first kappa shape index (κ1) is 25.8. The predicted molar refractivity (Wildman–Crippen MR) is 145 cm³/mol. The second-order valence-electron chi connectivity index (χ2n) is 8.53. The van der Waals surface area contributed by atoms with Crippen molar-refractivity contribution in [3.8, 4) is 5.75 Å². The van der Waals surface area contributed by atoms with Gasteiger partial charge in [0.05, 0.1) is 24.5 Å². The molecule has 0 unspecified atom stereocenters. The summed E-state index contributed by atoms with van der Waals surface area (Å²) >= 11 is 0. The van der Waals surface area contributed by atoms with Gasteiger partial charge in [0, 0.05) is 23.6 Å². The summed E-state index contributed by atoms with van der Waals surface area (Å²) in [5, 5.41) is 3.72. The topological polar surface area (TPSA) is 107 Å². The Hall–Kier alpha value is -4.30. The van der Waals surface area contributed by atoms with Gasteiger partial charge in [-0.3, -0.25) is 14.5 Å². The van der Waals surface area contributed by atoms with E-state index >= 15 is 0 Å². The lowest BCUT2D eigenvalue weighted by molar-refractivity contribution is -0.107. The van der Waals surface area contributed by atoms with Crippen molar-refractivity contribution >= 4 is 40.5 Å². The van der Waals surface area contributed by atoms with Crippen LogP contribution in [-0.4, -0.2) is 38.7 Å². The number of benzene rings is 3. The zero-order chi connectivity index (χ0) is 26.0. The van der Waals surface area contributed by atoms with E-state index in [1.54, 1.807) is 48.5 Å². The van der Waals surface area contributed by atoms with Crippen LogP contribution >= 0.6 is 0 Å². The molecule has 37 heavy (non-hydrogen) atoms. The number of rotatable bonds is 13. The van der Waals surface area contributed by atoms with Crippen molar-refractivity contribution in [1.82, 2.24) is 0 Å². The molecule has 192 valence electrons. The maximum absolute atomic E-state index is 12.5. The lowest BCUT2D eigenvalue weighted by atomic mass is 10.1. The van der Waals surface area contributed by atoms with Crippen LogP contribution in [0.5, 0.6) is 5.75 Å². The fourth-order valence-electron chi connectivity index (χ4n) is 3.78. The minimum absolute atomic E-state index is 0.252. The summed E-state index contributed by atoms with van der Waals surface area (Å²) in [5.41, 5.74) is 9.26. The van der Waals surface area contributed by atoms with Crippen LogP contribution in [0.4, 0.5) is 17.3 Å². The average molecular weight is 502 g/mol. The highest BCUT2D eigenvalue weighted by Gasteiger charge is 2.13. The number of hydrogen-bond acceptors (Lipinski definition) is 6. The molecule has 4 rings (SSSR count). The van der Waals surface area contributed by atoms with Crippen molar-refractivity contribution in [2.24, 2.45) is 0 Å². The number of ether oxygens (including phenoxy) is 2. The monoisotopic (exact) mass is 501 g/mol. The fraction of sp³-hybridized carbons (Fsp3) is 0.241. The minimum atomic E-state index is -0.266. The second kappa shape index (κ2) is 12.6. The maximum atomic E-state index is 12.5. The van der Waals surface area contributed by atoms with Gasteiger partial charge in [0.2, 0.25) is 12.3 Å². The molecule has 1 heterocycles. The third-order valence-electron chi connectivity index (χ3n) is 5.79. The number of nitrogens with two attached hydrogens (primary N) is 1. The van der Waals surface area contributed by atoms with Crippen LogP contribution in [0, 0.1) is 0 Å². The molecule has 3 aromatic carbocycles. The largest absolute Gasteiger partial charge is 0.492 e. The van der Waals surface area contributed by atoms with Crippen LogP contribution in [-0.2, 0) is 16.0 Å². The summed E-state index contributed by atoms with van der Waals surface area (Å²) < 4.78 is 17.3. The highest BCUT2D eigenvalue weighted by molar-refractivity contribution is 6.05. The van der Waals surface area contributed by atoms with E-state index in [1.165, 1.54) is 4.90 Å². The molecule has 0 fully saturated rings. The Bertz CT molecular complexity index is 1330. The summed E-state index contributed by atoms with van der Waals surface area (Å²) in [5.74, 6) is 0.777. The van der Waals surface area contributed by atoms with Gasteiger partial charge in [-0.2, -0.15) is 0 Å². The lowest BCUT2D eigenvalue weighted by Gasteiger charge is -2.14. The van der Waals surface area contributed by atoms with Crippen LogP contribution in [0.25, 0.3) is 11.0 Å². The number of carbonyl (C=O) groups is 2. The summed E-state index contributed by atoms with van der Waals surface area (Å²) in [7, 11) is 0. The molecule has 4 aromatic rings. The number of para-hydroxylation sites is 2. The van der Waals surface area contributed by atoms with Crippen LogP contribution < -0.4 is 20.7 Å². The summed E-state index contributed by atoms with van der Waals surface area (Å²) in [4.78, 5) is 25.7. The third-order valence-corrected chi connectivity index (χ3v) is 5.79. The minimum Gasteiger partial charge on any atom is -0.492 e. The zero-order valence-corrected chi connectivity index (χ0v) is 20.8. The first-order valence-electron chi connectivity index (χ1n) is 12.3. The van der Waals surface area contributed by atoms with Crippen LogP contribution in [0.1, 0.15) is 29.3 Å². The molecule has 0 atom stereocenters. The van der Waals surface area contributed by atoms with Crippen molar-refractivity contribution in [1.29, 1.82) is 0 Å². The molecule has 3 N–H and O–H groups in total. The van der Waals surface area contributed by atoms with Gasteiger partial charge in [-0.05, 0) is 60.9 Å². The maximum Gasteiger partial charge on any atom is 0.255 e. The van der Waals surface area contributed by atoms with Crippen LogP contribution in [0.15, 0.2) is 77.2 Å². The highest BCUT2D eigenvalue weighted by atomic mass is 16.5.